The average Bonchev–Trinajstić information content (AvgIpc) is 2.40. The number of carbonyl (C=O) groups excluding carboxylic acids is 1. The maximum absolute atomic E-state index is 11.1. The number of primary amides is 1. The Kier molecular flexibility index (Phi) is 4.93. The van der Waals surface area contributed by atoms with Gasteiger partial charge < -0.3 is 11.1 Å². The maximum atomic E-state index is 11.1. The summed E-state index contributed by atoms with van der Waals surface area (Å²) in [5.74, 6) is -0.387. The van der Waals surface area contributed by atoms with E-state index in [0.29, 0.717) is 5.56 Å². The lowest BCUT2D eigenvalue weighted by molar-refractivity contribution is 0.1000. The molecular formula is C16H17BrN2O. The van der Waals surface area contributed by atoms with Crippen molar-refractivity contribution in [3.05, 3.63) is 69.2 Å². The largest absolute Gasteiger partial charge is 0.366 e. The fourth-order valence-corrected chi connectivity index (χ4v) is 2.48. The first-order chi connectivity index (χ1) is 9.56. The Morgan fingerprint density at radius 2 is 2.00 bits per heavy atom. The molecule has 0 heterocycles. The van der Waals surface area contributed by atoms with Crippen molar-refractivity contribution in [3.8, 4) is 0 Å². The van der Waals surface area contributed by atoms with Crippen molar-refractivity contribution in [2.45, 2.75) is 20.0 Å². The van der Waals surface area contributed by atoms with Crippen LogP contribution in [0.2, 0.25) is 0 Å². The molecule has 0 aromatic heterocycles. The number of rotatable bonds is 5. The van der Waals surface area contributed by atoms with Crippen molar-refractivity contribution >= 4 is 21.8 Å². The topological polar surface area (TPSA) is 55.1 Å². The van der Waals surface area contributed by atoms with Crippen LogP contribution in [0.5, 0.6) is 0 Å². The molecule has 0 unspecified atom stereocenters. The number of nitrogens with one attached hydrogen (secondary N) is 1. The van der Waals surface area contributed by atoms with Crippen LogP contribution in [-0.4, -0.2) is 5.91 Å². The molecule has 104 valence electrons. The first-order valence-corrected chi connectivity index (χ1v) is 7.20. The predicted molar refractivity (Wildman–Crippen MR) is 84.4 cm³/mol. The van der Waals surface area contributed by atoms with Gasteiger partial charge in [-0.15, -0.1) is 0 Å². The van der Waals surface area contributed by atoms with E-state index in [4.69, 9.17) is 5.73 Å². The molecule has 0 bridgehead atoms. The minimum absolute atomic E-state index is 0.387. The molecule has 0 aliphatic rings. The quantitative estimate of drug-likeness (QED) is 0.883. The van der Waals surface area contributed by atoms with Crippen molar-refractivity contribution in [3.63, 3.8) is 0 Å². The monoisotopic (exact) mass is 332 g/mol. The van der Waals surface area contributed by atoms with Crippen LogP contribution in [0.4, 0.5) is 0 Å². The van der Waals surface area contributed by atoms with Crippen LogP contribution >= 0.6 is 15.9 Å². The summed E-state index contributed by atoms with van der Waals surface area (Å²) in [6.45, 7) is 3.55. The van der Waals surface area contributed by atoms with Crippen molar-refractivity contribution in [2.24, 2.45) is 5.73 Å². The molecule has 3 nitrogen and oxygen atoms in total. The van der Waals surface area contributed by atoms with Crippen molar-refractivity contribution in [2.75, 3.05) is 0 Å². The number of amides is 1. The average molecular weight is 333 g/mol. The first kappa shape index (κ1) is 14.8. The smallest absolute Gasteiger partial charge is 0.248 e. The summed E-state index contributed by atoms with van der Waals surface area (Å²) in [4.78, 5) is 11.1. The van der Waals surface area contributed by atoms with Gasteiger partial charge >= 0.3 is 0 Å². The molecule has 0 fully saturated rings. The van der Waals surface area contributed by atoms with Crippen LogP contribution in [-0.2, 0) is 13.1 Å². The predicted octanol–water partition coefficient (Wildman–Crippen LogP) is 3.15. The molecule has 3 N–H and O–H groups in total. The summed E-state index contributed by atoms with van der Waals surface area (Å²) in [7, 11) is 0. The van der Waals surface area contributed by atoms with E-state index in [1.54, 1.807) is 6.07 Å². The van der Waals surface area contributed by atoms with E-state index in [0.717, 1.165) is 23.1 Å². The number of nitrogens with two attached hydrogens (primary N) is 1. The second kappa shape index (κ2) is 6.68. The Bertz CT molecular complexity index is 626. The lowest BCUT2D eigenvalue weighted by Crippen LogP contribution is -2.15. The summed E-state index contributed by atoms with van der Waals surface area (Å²) in [5, 5.41) is 3.40. The lowest BCUT2D eigenvalue weighted by atomic mass is 10.0. The summed E-state index contributed by atoms with van der Waals surface area (Å²) in [6, 6.07) is 13.8. The number of benzene rings is 2. The third-order valence-corrected chi connectivity index (χ3v) is 3.65. The highest BCUT2D eigenvalue weighted by Crippen LogP contribution is 2.13. The summed E-state index contributed by atoms with van der Waals surface area (Å²) < 4.78 is 1.08. The van der Waals surface area contributed by atoms with E-state index in [2.05, 4.69) is 33.4 Å². The summed E-state index contributed by atoms with van der Waals surface area (Å²) in [5.41, 5.74) is 9.29. The van der Waals surface area contributed by atoms with Crippen LogP contribution in [0, 0.1) is 6.92 Å². The van der Waals surface area contributed by atoms with Gasteiger partial charge in [0.25, 0.3) is 0 Å². The van der Waals surface area contributed by atoms with Gasteiger partial charge in [-0.2, -0.15) is 0 Å². The standard InChI is InChI=1S/C16H17BrN2O/c1-11-7-13(16(18)20)5-6-14(11)10-19-9-12-3-2-4-15(17)8-12/h2-8,19H,9-10H2,1H3,(H2,18,20). The normalized spacial score (nSPS) is 10.5. The molecule has 0 saturated heterocycles. The van der Waals surface area contributed by atoms with Gasteiger partial charge in [0.2, 0.25) is 5.91 Å². The molecule has 0 saturated carbocycles. The zero-order chi connectivity index (χ0) is 14.5. The van der Waals surface area contributed by atoms with Gasteiger partial charge in [0, 0.05) is 23.1 Å². The van der Waals surface area contributed by atoms with Crippen molar-refractivity contribution in [1.29, 1.82) is 0 Å². The summed E-state index contributed by atoms with van der Waals surface area (Å²) in [6.07, 6.45) is 0. The number of carbonyl (C=O) groups is 1. The second-order valence-corrected chi connectivity index (χ2v) is 5.65. The van der Waals surface area contributed by atoms with Gasteiger partial charge in [0.05, 0.1) is 0 Å². The highest BCUT2D eigenvalue weighted by molar-refractivity contribution is 9.10. The molecule has 2 rings (SSSR count). The van der Waals surface area contributed by atoms with E-state index < -0.39 is 0 Å². The molecule has 0 spiro atoms. The molecule has 4 heteroatoms. The number of aryl methyl sites for hydroxylation is 1. The molecule has 1 amide bonds. The van der Waals surface area contributed by atoms with Crippen molar-refractivity contribution in [1.82, 2.24) is 5.32 Å². The minimum Gasteiger partial charge on any atom is -0.366 e. The molecule has 0 aliphatic carbocycles. The summed E-state index contributed by atoms with van der Waals surface area (Å²) >= 11 is 3.46. The zero-order valence-corrected chi connectivity index (χ0v) is 12.9. The number of halogens is 1. The van der Waals surface area contributed by atoms with Gasteiger partial charge in [-0.3, -0.25) is 4.79 Å². The minimum atomic E-state index is -0.387. The highest BCUT2D eigenvalue weighted by Gasteiger charge is 2.04. The van der Waals surface area contributed by atoms with E-state index in [9.17, 15) is 4.79 Å². The number of hydrogen-bond donors (Lipinski definition) is 2. The van der Waals surface area contributed by atoms with E-state index in [-0.39, 0.29) is 5.91 Å². The van der Waals surface area contributed by atoms with Crippen molar-refractivity contribution < 1.29 is 4.79 Å². The fourth-order valence-electron chi connectivity index (χ4n) is 2.04. The molecule has 20 heavy (non-hydrogen) atoms. The van der Waals surface area contributed by atoms with Crippen LogP contribution in [0.3, 0.4) is 0 Å². The Labute approximate surface area is 127 Å². The van der Waals surface area contributed by atoms with E-state index in [1.807, 2.05) is 31.2 Å². The molecule has 2 aromatic rings. The Morgan fingerprint density at radius 1 is 1.20 bits per heavy atom. The van der Waals surface area contributed by atoms with Crippen LogP contribution in [0.25, 0.3) is 0 Å². The Hall–Kier alpha value is -1.65. The second-order valence-electron chi connectivity index (χ2n) is 4.74. The third kappa shape index (κ3) is 3.92. The Morgan fingerprint density at radius 3 is 2.65 bits per heavy atom. The van der Waals surface area contributed by atoms with Crippen LogP contribution < -0.4 is 11.1 Å². The molecule has 0 aliphatic heterocycles. The van der Waals surface area contributed by atoms with Crippen LogP contribution in [0.15, 0.2) is 46.9 Å². The first-order valence-electron chi connectivity index (χ1n) is 6.41. The Balaban J connectivity index is 1.96. The van der Waals surface area contributed by atoms with Gasteiger partial charge in [-0.05, 0) is 47.9 Å². The SMILES string of the molecule is Cc1cc(C(N)=O)ccc1CNCc1cccc(Br)c1. The molecule has 0 radical (unpaired) electrons. The van der Waals surface area contributed by atoms with Gasteiger partial charge in [0.1, 0.15) is 0 Å². The zero-order valence-electron chi connectivity index (χ0n) is 11.3. The van der Waals surface area contributed by atoms with Crippen LogP contribution in [0.1, 0.15) is 27.0 Å². The van der Waals surface area contributed by atoms with Gasteiger partial charge in [-0.1, -0.05) is 34.1 Å². The maximum Gasteiger partial charge on any atom is 0.248 e. The molecule has 0 atom stereocenters. The molecular weight excluding hydrogens is 316 g/mol. The fraction of sp³-hybridized carbons (Fsp3) is 0.188. The van der Waals surface area contributed by atoms with E-state index >= 15 is 0 Å². The number of hydrogen-bond acceptors (Lipinski definition) is 2. The third-order valence-electron chi connectivity index (χ3n) is 3.16. The van der Waals surface area contributed by atoms with E-state index in [1.165, 1.54) is 11.1 Å². The highest BCUT2D eigenvalue weighted by atomic mass is 79.9. The van der Waals surface area contributed by atoms with Gasteiger partial charge in [-0.25, -0.2) is 0 Å². The van der Waals surface area contributed by atoms with Gasteiger partial charge in [0.15, 0.2) is 0 Å². The molecule has 2 aromatic carbocycles. The lowest BCUT2D eigenvalue weighted by Gasteiger charge is -2.09.